The van der Waals surface area contributed by atoms with Gasteiger partial charge in [-0.25, -0.2) is 4.98 Å². The number of hydrogen-bond acceptors (Lipinski definition) is 6. The number of amides is 1. The molecule has 1 saturated heterocycles. The maximum absolute atomic E-state index is 12.8. The first-order valence-corrected chi connectivity index (χ1v) is 10.5. The van der Waals surface area contributed by atoms with Crippen LogP contribution in [0.2, 0.25) is 0 Å². The van der Waals surface area contributed by atoms with Crippen molar-refractivity contribution in [2.75, 3.05) is 13.1 Å². The Morgan fingerprint density at radius 3 is 2.56 bits per heavy atom. The van der Waals surface area contributed by atoms with Gasteiger partial charge in [0.15, 0.2) is 0 Å². The lowest BCUT2D eigenvalue weighted by Gasteiger charge is -2.38. The minimum absolute atomic E-state index is 0.0174. The smallest absolute Gasteiger partial charge is 0.270 e. The summed E-state index contributed by atoms with van der Waals surface area (Å²) >= 11 is 0. The number of fused-ring (bicyclic) bond motifs is 1. The van der Waals surface area contributed by atoms with Crippen molar-refractivity contribution in [3.8, 4) is 0 Å². The third kappa shape index (κ3) is 4.67. The lowest BCUT2D eigenvalue weighted by Crippen LogP contribution is -2.49. The molecule has 9 heteroatoms. The van der Waals surface area contributed by atoms with Gasteiger partial charge in [-0.3, -0.25) is 24.3 Å². The first-order valence-electron chi connectivity index (χ1n) is 10.5. The Labute approximate surface area is 184 Å². The molecule has 2 heterocycles. The maximum Gasteiger partial charge on any atom is 0.270 e. The molecule has 1 aromatic heterocycles. The molecule has 0 atom stereocenters. The molecule has 1 N–H and O–H groups in total. The fourth-order valence-electron chi connectivity index (χ4n) is 4.07. The lowest BCUT2D eigenvalue weighted by atomic mass is 9.91. The number of rotatable bonds is 6. The van der Waals surface area contributed by atoms with Crippen LogP contribution in [0.3, 0.4) is 0 Å². The number of likely N-dealkylation sites (tertiary alicyclic amines) is 1. The van der Waals surface area contributed by atoms with Crippen molar-refractivity contribution < 1.29 is 14.8 Å². The van der Waals surface area contributed by atoms with Gasteiger partial charge in [-0.05, 0) is 30.9 Å². The van der Waals surface area contributed by atoms with Crippen LogP contribution in [-0.4, -0.2) is 49.1 Å². The number of benzene rings is 2. The molecule has 0 unspecified atom stereocenters. The maximum atomic E-state index is 12.8. The molecule has 0 radical (unpaired) electrons. The second kappa shape index (κ2) is 8.88. The van der Waals surface area contributed by atoms with Crippen LogP contribution in [0, 0.1) is 10.1 Å². The average molecular weight is 436 g/mol. The predicted molar refractivity (Wildman–Crippen MR) is 118 cm³/mol. The van der Waals surface area contributed by atoms with Gasteiger partial charge in [0.2, 0.25) is 5.91 Å². The molecule has 1 amide bonds. The number of aliphatic hydroxyl groups is 1. The third-order valence-electron chi connectivity index (χ3n) is 6.00. The Bertz CT molecular complexity index is 1200. The zero-order chi connectivity index (χ0) is 22.7. The van der Waals surface area contributed by atoms with Crippen LogP contribution >= 0.6 is 0 Å². The van der Waals surface area contributed by atoms with E-state index in [1.165, 1.54) is 29.1 Å². The first kappa shape index (κ1) is 21.6. The Balaban J connectivity index is 1.41. The topological polar surface area (TPSA) is 119 Å². The predicted octanol–water partition coefficient (Wildman–Crippen LogP) is 2.29. The molecule has 0 bridgehead atoms. The van der Waals surface area contributed by atoms with E-state index in [0.29, 0.717) is 44.3 Å². The van der Waals surface area contributed by atoms with Crippen molar-refractivity contribution in [3.05, 3.63) is 80.9 Å². The van der Waals surface area contributed by atoms with E-state index < -0.39 is 16.1 Å². The highest BCUT2D eigenvalue weighted by atomic mass is 16.6. The van der Waals surface area contributed by atoms with Crippen LogP contribution in [-0.2, 0) is 17.8 Å². The number of non-ortho nitro benzene ring substituents is 1. The largest absolute Gasteiger partial charge is 0.388 e. The summed E-state index contributed by atoms with van der Waals surface area (Å²) in [5.41, 5.74) is -0.306. The normalized spacial score (nSPS) is 15.6. The number of nitrogens with zero attached hydrogens (tertiary/aromatic N) is 4. The minimum Gasteiger partial charge on any atom is -0.388 e. The van der Waals surface area contributed by atoms with Crippen LogP contribution < -0.4 is 5.56 Å². The quantitative estimate of drug-likeness (QED) is 0.468. The van der Waals surface area contributed by atoms with Gasteiger partial charge in [0, 0.05) is 31.6 Å². The summed E-state index contributed by atoms with van der Waals surface area (Å²) in [4.78, 5) is 41.8. The van der Waals surface area contributed by atoms with Crippen molar-refractivity contribution in [2.45, 2.75) is 37.8 Å². The van der Waals surface area contributed by atoms with Crippen LogP contribution in [0.5, 0.6) is 0 Å². The Kier molecular flexibility index (Phi) is 6.00. The second-order valence-electron chi connectivity index (χ2n) is 8.23. The molecule has 3 aromatic rings. The molecule has 9 nitrogen and oxygen atoms in total. The highest BCUT2D eigenvalue weighted by molar-refractivity contribution is 5.79. The SMILES string of the molecule is O=C(CCc1ccccc1)N1CCC(O)(Cn2cnc3ccc([N+](=O)[O-])cc3c2=O)CC1. The number of aromatic nitrogens is 2. The van der Waals surface area contributed by atoms with E-state index in [1.807, 2.05) is 30.3 Å². The number of nitro groups is 1. The third-order valence-corrected chi connectivity index (χ3v) is 6.00. The molecule has 0 saturated carbocycles. The van der Waals surface area contributed by atoms with E-state index in [2.05, 4.69) is 4.98 Å². The monoisotopic (exact) mass is 436 g/mol. The van der Waals surface area contributed by atoms with Gasteiger partial charge in [0.1, 0.15) is 0 Å². The van der Waals surface area contributed by atoms with E-state index in [0.717, 1.165) is 5.56 Å². The van der Waals surface area contributed by atoms with Crippen molar-refractivity contribution in [2.24, 2.45) is 0 Å². The van der Waals surface area contributed by atoms with E-state index >= 15 is 0 Å². The number of nitro benzene ring substituents is 1. The highest BCUT2D eigenvalue weighted by Crippen LogP contribution is 2.25. The van der Waals surface area contributed by atoms with Gasteiger partial charge in [0.05, 0.1) is 34.3 Å². The molecule has 1 aliphatic rings. The molecular weight excluding hydrogens is 412 g/mol. The number of hydrogen-bond donors (Lipinski definition) is 1. The summed E-state index contributed by atoms with van der Waals surface area (Å²) in [7, 11) is 0. The van der Waals surface area contributed by atoms with Crippen LogP contribution in [0.4, 0.5) is 5.69 Å². The van der Waals surface area contributed by atoms with Gasteiger partial charge in [-0.15, -0.1) is 0 Å². The highest BCUT2D eigenvalue weighted by Gasteiger charge is 2.34. The van der Waals surface area contributed by atoms with Crippen molar-refractivity contribution in [1.82, 2.24) is 14.5 Å². The van der Waals surface area contributed by atoms with Gasteiger partial charge in [-0.1, -0.05) is 30.3 Å². The molecule has 32 heavy (non-hydrogen) atoms. The fourth-order valence-corrected chi connectivity index (χ4v) is 4.07. The number of carbonyl (C=O) groups is 1. The van der Waals surface area contributed by atoms with Crippen molar-refractivity contribution >= 4 is 22.5 Å². The summed E-state index contributed by atoms with van der Waals surface area (Å²) in [5, 5.41) is 22.2. The van der Waals surface area contributed by atoms with Crippen molar-refractivity contribution in [1.29, 1.82) is 0 Å². The number of aryl methyl sites for hydroxylation is 1. The average Bonchev–Trinajstić information content (AvgIpc) is 2.80. The van der Waals surface area contributed by atoms with E-state index in [4.69, 9.17) is 0 Å². The van der Waals surface area contributed by atoms with Gasteiger partial charge < -0.3 is 10.0 Å². The molecule has 2 aromatic carbocycles. The van der Waals surface area contributed by atoms with Gasteiger partial charge >= 0.3 is 0 Å². The Hall–Kier alpha value is -3.59. The number of carbonyl (C=O) groups excluding carboxylic acids is 1. The number of piperidine rings is 1. The van der Waals surface area contributed by atoms with Gasteiger partial charge in [0.25, 0.3) is 11.2 Å². The fraction of sp³-hybridized carbons (Fsp3) is 0.348. The van der Waals surface area contributed by atoms with Crippen LogP contribution in [0.15, 0.2) is 59.7 Å². The van der Waals surface area contributed by atoms with Crippen LogP contribution in [0.1, 0.15) is 24.8 Å². The zero-order valence-corrected chi connectivity index (χ0v) is 17.5. The minimum atomic E-state index is -1.16. The summed E-state index contributed by atoms with van der Waals surface area (Å²) in [6.07, 6.45) is 3.11. The molecule has 1 fully saturated rings. The summed E-state index contributed by atoms with van der Waals surface area (Å²) in [6, 6.07) is 13.8. The van der Waals surface area contributed by atoms with E-state index in [9.17, 15) is 24.8 Å². The first-order chi connectivity index (χ1) is 15.3. The zero-order valence-electron chi connectivity index (χ0n) is 17.5. The standard InChI is InChI=1S/C23H24N4O5/c28-21(9-6-17-4-2-1-3-5-17)25-12-10-23(30,11-13-25)15-26-16-24-20-8-7-18(27(31)32)14-19(20)22(26)29/h1-5,7-8,14,16,30H,6,9-13,15H2. The second-order valence-corrected chi connectivity index (χ2v) is 8.23. The molecule has 166 valence electrons. The summed E-state index contributed by atoms with van der Waals surface area (Å²) in [6.45, 7) is 0.834. The molecule has 0 aliphatic carbocycles. The molecule has 0 spiro atoms. The summed E-state index contributed by atoms with van der Waals surface area (Å²) in [5.74, 6) is 0.0488. The Morgan fingerprint density at radius 1 is 1.16 bits per heavy atom. The van der Waals surface area contributed by atoms with Crippen LogP contribution in [0.25, 0.3) is 10.9 Å². The molecular formula is C23H24N4O5. The molecule has 1 aliphatic heterocycles. The Morgan fingerprint density at radius 2 is 1.88 bits per heavy atom. The van der Waals surface area contributed by atoms with E-state index in [-0.39, 0.29) is 23.5 Å². The summed E-state index contributed by atoms with van der Waals surface area (Å²) < 4.78 is 1.29. The molecule has 4 rings (SSSR count). The van der Waals surface area contributed by atoms with Crippen molar-refractivity contribution in [3.63, 3.8) is 0 Å². The lowest BCUT2D eigenvalue weighted by molar-refractivity contribution is -0.384. The van der Waals surface area contributed by atoms with Gasteiger partial charge in [-0.2, -0.15) is 0 Å². The van der Waals surface area contributed by atoms with E-state index in [1.54, 1.807) is 4.90 Å².